The Morgan fingerprint density at radius 3 is 2.69 bits per heavy atom. The van der Waals surface area contributed by atoms with Gasteiger partial charge in [0, 0.05) is 12.6 Å². The van der Waals surface area contributed by atoms with E-state index in [1.165, 1.54) is 0 Å². The summed E-state index contributed by atoms with van der Waals surface area (Å²) in [6.07, 6.45) is 0.887. The molecule has 76 valence electrons. The number of urea groups is 1. The van der Waals surface area contributed by atoms with Crippen molar-refractivity contribution in [2.24, 2.45) is 0 Å². The molecule has 1 heterocycles. The van der Waals surface area contributed by atoms with Crippen LogP contribution in [0.1, 0.15) is 27.2 Å². The number of nitrogens with one attached hydrogen (secondary N) is 2. The Bertz CT molecular complexity index is 186. The number of carbonyl (C=O) groups excluding carboxylic acids is 1. The standard InChI is InChI=1S/C9H18N2O2/c1-7(2)10-8(12)11-9(3)4-5-13-6-9/h7H,4-6H2,1-3H3,(H2,10,11,12). The van der Waals surface area contributed by atoms with Gasteiger partial charge in [-0.15, -0.1) is 0 Å². The summed E-state index contributed by atoms with van der Waals surface area (Å²) in [6, 6.07) is 0.0638. The van der Waals surface area contributed by atoms with Gasteiger partial charge in [-0.05, 0) is 27.2 Å². The van der Waals surface area contributed by atoms with E-state index in [1.807, 2.05) is 20.8 Å². The van der Waals surface area contributed by atoms with E-state index in [4.69, 9.17) is 4.74 Å². The fourth-order valence-corrected chi connectivity index (χ4v) is 1.34. The second kappa shape index (κ2) is 3.96. The third-order valence-electron chi connectivity index (χ3n) is 2.05. The molecular weight excluding hydrogens is 168 g/mol. The molecule has 0 aromatic carbocycles. The molecule has 0 radical (unpaired) electrons. The molecule has 1 saturated heterocycles. The van der Waals surface area contributed by atoms with Crippen molar-refractivity contribution in [1.29, 1.82) is 0 Å². The van der Waals surface area contributed by atoms with Crippen LogP contribution in [0.4, 0.5) is 4.79 Å². The van der Waals surface area contributed by atoms with E-state index in [9.17, 15) is 4.79 Å². The first-order chi connectivity index (χ1) is 6.02. The molecule has 4 nitrogen and oxygen atoms in total. The van der Waals surface area contributed by atoms with Crippen LogP contribution < -0.4 is 10.6 Å². The summed E-state index contributed by atoms with van der Waals surface area (Å²) >= 11 is 0. The first kappa shape index (κ1) is 10.3. The van der Waals surface area contributed by atoms with E-state index in [0.29, 0.717) is 6.61 Å². The van der Waals surface area contributed by atoms with Crippen LogP contribution in [-0.2, 0) is 4.74 Å². The van der Waals surface area contributed by atoms with E-state index in [0.717, 1.165) is 13.0 Å². The zero-order valence-corrected chi connectivity index (χ0v) is 8.52. The highest BCUT2D eigenvalue weighted by Crippen LogP contribution is 2.16. The maximum Gasteiger partial charge on any atom is 0.315 e. The fourth-order valence-electron chi connectivity index (χ4n) is 1.34. The van der Waals surface area contributed by atoms with Gasteiger partial charge in [0.25, 0.3) is 0 Å². The van der Waals surface area contributed by atoms with Gasteiger partial charge in [-0.25, -0.2) is 4.79 Å². The summed E-state index contributed by atoms with van der Waals surface area (Å²) in [5, 5.41) is 5.70. The number of carbonyl (C=O) groups is 1. The lowest BCUT2D eigenvalue weighted by atomic mass is 10.0. The minimum absolute atomic E-state index is 0.108. The van der Waals surface area contributed by atoms with Crippen LogP contribution in [-0.4, -0.2) is 30.8 Å². The van der Waals surface area contributed by atoms with E-state index < -0.39 is 0 Å². The summed E-state index contributed by atoms with van der Waals surface area (Å²) in [6.45, 7) is 7.22. The van der Waals surface area contributed by atoms with Crippen molar-refractivity contribution in [3.8, 4) is 0 Å². The Kier molecular flexibility index (Phi) is 3.14. The van der Waals surface area contributed by atoms with E-state index in [2.05, 4.69) is 10.6 Å². The molecule has 0 spiro atoms. The number of hydrogen-bond acceptors (Lipinski definition) is 2. The molecule has 0 aromatic rings. The van der Waals surface area contributed by atoms with E-state index >= 15 is 0 Å². The molecule has 0 bridgehead atoms. The summed E-state index contributed by atoms with van der Waals surface area (Å²) in [4.78, 5) is 11.3. The number of amides is 2. The van der Waals surface area contributed by atoms with Crippen molar-refractivity contribution in [3.05, 3.63) is 0 Å². The van der Waals surface area contributed by atoms with Gasteiger partial charge in [-0.2, -0.15) is 0 Å². The summed E-state index contributed by atoms with van der Waals surface area (Å²) in [5.41, 5.74) is -0.182. The maximum atomic E-state index is 11.3. The zero-order chi connectivity index (χ0) is 9.90. The lowest BCUT2D eigenvalue weighted by molar-refractivity contribution is 0.170. The molecule has 4 heteroatoms. The van der Waals surface area contributed by atoms with Crippen LogP contribution in [0.3, 0.4) is 0 Å². The first-order valence-electron chi connectivity index (χ1n) is 4.68. The lowest BCUT2D eigenvalue weighted by Gasteiger charge is -2.24. The highest BCUT2D eigenvalue weighted by Gasteiger charge is 2.31. The maximum absolute atomic E-state index is 11.3. The van der Waals surface area contributed by atoms with Crippen LogP contribution in [0, 0.1) is 0 Å². The zero-order valence-electron chi connectivity index (χ0n) is 8.52. The first-order valence-corrected chi connectivity index (χ1v) is 4.68. The highest BCUT2D eigenvalue weighted by atomic mass is 16.5. The van der Waals surface area contributed by atoms with E-state index in [1.54, 1.807) is 0 Å². The molecule has 0 saturated carbocycles. The second-order valence-electron chi connectivity index (χ2n) is 4.12. The third-order valence-corrected chi connectivity index (χ3v) is 2.05. The van der Waals surface area contributed by atoms with Gasteiger partial charge in [0.2, 0.25) is 0 Å². The molecule has 2 amide bonds. The molecular formula is C9H18N2O2. The Morgan fingerprint density at radius 2 is 2.23 bits per heavy atom. The Labute approximate surface area is 79.0 Å². The van der Waals surface area contributed by atoms with Crippen molar-refractivity contribution in [2.45, 2.75) is 38.8 Å². The third kappa shape index (κ3) is 3.22. The minimum atomic E-state index is -0.182. The molecule has 0 aromatic heterocycles. The summed E-state index contributed by atoms with van der Waals surface area (Å²) < 4.78 is 5.22. The number of hydrogen-bond donors (Lipinski definition) is 2. The van der Waals surface area contributed by atoms with Crippen molar-refractivity contribution < 1.29 is 9.53 Å². The molecule has 1 unspecified atom stereocenters. The van der Waals surface area contributed by atoms with Gasteiger partial charge < -0.3 is 15.4 Å². The van der Waals surface area contributed by atoms with Gasteiger partial charge in [-0.1, -0.05) is 0 Å². The normalized spacial score (nSPS) is 27.7. The molecule has 0 aliphatic carbocycles. The van der Waals surface area contributed by atoms with Crippen LogP contribution in [0.25, 0.3) is 0 Å². The van der Waals surface area contributed by atoms with Crippen LogP contribution >= 0.6 is 0 Å². The van der Waals surface area contributed by atoms with Crippen molar-refractivity contribution in [2.75, 3.05) is 13.2 Å². The van der Waals surface area contributed by atoms with Gasteiger partial charge in [0.1, 0.15) is 0 Å². The Hall–Kier alpha value is -0.770. The average Bonchev–Trinajstić information content (AvgIpc) is 2.33. The average molecular weight is 186 g/mol. The summed E-state index contributed by atoms with van der Waals surface area (Å²) in [7, 11) is 0. The highest BCUT2D eigenvalue weighted by molar-refractivity contribution is 5.75. The predicted molar refractivity (Wildman–Crippen MR) is 50.6 cm³/mol. The molecule has 1 fully saturated rings. The molecule has 1 atom stereocenters. The van der Waals surface area contributed by atoms with E-state index in [-0.39, 0.29) is 17.6 Å². The summed E-state index contributed by atoms with van der Waals surface area (Å²) in [5.74, 6) is 0. The lowest BCUT2D eigenvalue weighted by Crippen LogP contribution is -2.52. The largest absolute Gasteiger partial charge is 0.379 e. The van der Waals surface area contributed by atoms with Gasteiger partial charge in [-0.3, -0.25) is 0 Å². The smallest absolute Gasteiger partial charge is 0.315 e. The topological polar surface area (TPSA) is 50.4 Å². The monoisotopic (exact) mass is 186 g/mol. The minimum Gasteiger partial charge on any atom is -0.379 e. The molecule has 1 rings (SSSR count). The van der Waals surface area contributed by atoms with Gasteiger partial charge >= 0.3 is 6.03 Å². The van der Waals surface area contributed by atoms with Crippen molar-refractivity contribution >= 4 is 6.03 Å². The molecule has 1 aliphatic heterocycles. The number of rotatable bonds is 2. The predicted octanol–water partition coefficient (Wildman–Crippen LogP) is 0.873. The molecule has 2 N–H and O–H groups in total. The second-order valence-corrected chi connectivity index (χ2v) is 4.12. The van der Waals surface area contributed by atoms with Crippen LogP contribution in [0.15, 0.2) is 0 Å². The van der Waals surface area contributed by atoms with Crippen molar-refractivity contribution in [1.82, 2.24) is 10.6 Å². The Morgan fingerprint density at radius 1 is 1.54 bits per heavy atom. The fraction of sp³-hybridized carbons (Fsp3) is 0.889. The van der Waals surface area contributed by atoms with Crippen LogP contribution in [0.2, 0.25) is 0 Å². The van der Waals surface area contributed by atoms with Gasteiger partial charge in [0.05, 0.1) is 12.1 Å². The SMILES string of the molecule is CC(C)NC(=O)NC1(C)CCOC1. The molecule has 1 aliphatic rings. The quantitative estimate of drug-likeness (QED) is 0.672. The Balaban J connectivity index is 2.34. The number of ether oxygens (including phenoxy) is 1. The molecule has 13 heavy (non-hydrogen) atoms. The van der Waals surface area contributed by atoms with Crippen molar-refractivity contribution in [3.63, 3.8) is 0 Å². The van der Waals surface area contributed by atoms with Crippen LogP contribution in [0.5, 0.6) is 0 Å². The van der Waals surface area contributed by atoms with Gasteiger partial charge in [0.15, 0.2) is 0 Å².